The molecule has 1 aliphatic heterocycles. The van der Waals surface area contributed by atoms with E-state index in [1.165, 1.54) is 5.56 Å². The summed E-state index contributed by atoms with van der Waals surface area (Å²) in [6.45, 7) is 1.49. The number of para-hydroxylation sites is 2. The minimum atomic E-state index is 0.322. The highest BCUT2D eigenvalue weighted by Gasteiger charge is 2.20. The third-order valence-corrected chi connectivity index (χ3v) is 3.96. The molecule has 1 atom stereocenters. The van der Waals surface area contributed by atoms with Gasteiger partial charge in [-0.2, -0.15) is 0 Å². The Balaban J connectivity index is 1.52. The third-order valence-electron chi connectivity index (χ3n) is 3.96. The van der Waals surface area contributed by atoms with Gasteiger partial charge >= 0.3 is 0 Å². The van der Waals surface area contributed by atoms with E-state index in [9.17, 15) is 0 Å². The second kappa shape index (κ2) is 5.26. The molecule has 3 heteroatoms. The second-order valence-electron chi connectivity index (χ2n) is 5.36. The van der Waals surface area contributed by atoms with Crippen LogP contribution in [-0.4, -0.2) is 6.61 Å². The minimum Gasteiger partial charge on any atom is -0.493 e. The van der Waals surface area contributed by atoms with Gasteiger partial charge in [0.2, 0.25) is 0 Å². The molecule has 106 valence electrons. The summed E-state index contributed by atoms with van der Waals surface area (Å²) in [7, 11) is 0. The summed E-state index contributed by atoms with van der Waals surface area (Å²) >= 11 is 0. The van der Waals surface area contributed by atoms with Gasteiger partial charge in [-0.3, -0.25) is 0 Å². The van der Waals surface area contributed by atoms with Crippen LogP contribution in [0.4, 0.5) is 0 Å². The topological polar surface area (TPSA) is 34.4 Å². The van der Waals surface area contributed by atoms with Crippen LogP contribution in [0.25, 0.3) is 11.0 Å². The molecule has 3 nitrogen and oxygen atoms in total. The van der Waals surface area contributed by atoms with Gasteiger partial charge < -0.3 is 14.5 Å². The zero-order valence-electron chi connectivity index (χ0n) is 11.7. The normalized spacial score (nSPS) is 17.4. The Kier molecular flexibility index (Phi) is 3.13. The van der Waals surface area contributed by atoms with E-state index >= 15 is 0 Å². The lowest BCUT2D eigenvalue weighted by Crippen LogP contribution is -2.26. The van der Waals surface area contributed by atoms with Crippen LogP contribution in [0, 0.1) is 0 Å². The van der Waals surface area contributed by atoms with E-state index in [1.807, 2.05) is 30.3 Å². The molecule has 1 unspecified atom stereocenters. The summed E-state index contributed by atoms with van der Waals surface area (Å²) in [5.41, 5.74) is 2.18. The molecular formula is C18H17NO2. The molecule has 0 radical (unpaired) electrons. The molecule has 0 fully saturated rings. The molecule has 0 saturated carbocycles. The van der Waals surface area contributed by atoms with Crippen molar-refractivity contribution in [2.45, 2.75) is 19.0 Å². The molecule has 0 bridgehead atoms. The molecule has 2 heterocycles. The van der Waals surface area contributed by atoms with Crippen molar-refractivity contribution in [3.05, 3.63) is 65.9 Å². The monoisotopic (exact) mass is 279 g/mol. The van der Waals surface area contributed by atoms with Gasteiger partial charge in [-0.25, -0.2) is 0 Å². The predicted molar refractivity (Wildman–Crippen MR) is 82.3 cm³/mol. The van der Waals surface area contributed by atoms with Crippen LogP contribution in [0.15, 0.2) is 59.0 Å². The summed E-state index contributed by atoms with van der Waals surface area (Å²) in [5, 5.41) is 4.74. The number of furan rings is 1. The molecule has 3 aromatic rings. The van der Waals surface area contributed by atoms with Gasteiger partial charge in [0.05, 0.1) is 13.2 Å². The van der Waals surface area contributed by atoms with Crippen LogP contribution in [0.5, 0.6) is 5.75 Å². The van der Waals surface area contributed by atoms with Crippen molar-refractivity contribution in [3.63, 3.8) is 0 Å². The van der Waals surface area contributed by atoms with Gasteiger partial charge in [0.15, 0.2) is 0 Å². The van der Waals surface area contributed by atoms with Crippen molar-refractivity contribution in [3.8, 4) is 5.75 Å². The molecular weight excluding hydrogens is 262 g/mol. The third kappa shape index (κ3) is 2.41. The standard InChI is InChI=1S/C18H17NO2/c1-3-7-17-13(5-1)11-14(21-17)12-19-16-9-10-20-18-8-4-2-6-15(16)18/h1-8,11,16,19H,9-10,12H2. The summed E-state index contributed by atoms with van der Waals surface area (Å²) < 4.78 is 11.5. The van der Waals surface area contributed by atoms with E-state index in [2.05, 4.69) is 29.6 Å². The SMILES string of the molecule is c1ccc2c(c1)OCCC2NCc1cc2ccccc2o1. The predicted octanol–water partition coefficient (Wildman–Crippen LogP) is 4.05. The van der Waals surface area contributed by atoms with Crippen LogP contribution < -0.4 is 10.1 Å². The molecule has 2 aromatic carbocycles. The fraction of sp³-hybridized carbons (Fsp3) is 0.222. The Morgan fingerprint density at radius 1 is 1.05 bits per heavy atom. The van der Waals surface area contributed by atoms with E-state index < -0.39 is 0 Å². The van der Waals surface area contributed by atoms with Gasteiger partial charge in [-0.05, 0) is 18.2 Å². The maximum atomic E-state index is 5.85. The van der Waals surface area contributed by atoms with Crippen LogP contribution in [-0.2, 0) is 6.54 Å². The smallest absolute Gasteiger partial charge is 0.134 e. The average Bonchev–Trinajstić information content (AvgIpc) is 2.96. The average molecular weight is 279 g/mol. The van der Waals surface area contributed by atoms with Crippen molar-refractivity contribution in [1.29, 1.82) is 0 Å². The lowest BCUT2D eigenvalue weighted by molar-refractivity contribution is 0.250. The highest BCUT2D eigenvalue weighted by atomic mass is 16.5. The maximum Gasteiger partial charge on any atom is 0.134 e. The number of ether oxygens (including phenoxy) is 1. The van der Waals surface area contributed by atoms with Crippen LogP contribution in [0.2, 0.25) is 0 Å². The summed E-state index contributed by atoms with van der Waals surface area (Å²) in [6, 6.07) is 18.8. The largest absolute Gasteiger partial charge is 0.493 e. The number of rotatable bonds is 3. The number of hydrogen-bond acceptors (Lipinski definition) is 3. The van der Waals surface area contributed by atoms with Gasteiger partial charge in [-0.15, -0.1) is 0 Å². The first-order chi connectivity index (χ1) is 10.4. The van der Waals surface area contributed by atoms with E-state index in [1.54, 1.807) is 0 Å². The van der Waals surface area contributed by atoms with Crippen molar-refractivity contribution in [2.75, 3.05) is 6.61 Å². The van der Waals surface area contributed by atoms with Gasteiger partial charge in [0.1, 0.15) is 17.1 Å². The summed E-state index contributed by atoms with van der Waals surface area (Å²) in [4.78, 5) is 0. The van der Waals surface area contributed by atoms with Crippen LogP contribution >= 0.6 is 0 Å². The summed E-state index contributed by atoms with van der Waals surface area (Å²) in [6.07, 6.45) is 0.983. The number of benzene rings is 2. The Labute approximate surface area is 123 Å². The molecule has 0 spiro atoms. The lowest BCUT2D eigenvalue weighted by atomic mass is 10.0. The quantitative estimate of drug-likeness (QED) is 0.785. The number of hydrogen-bond donors (Lipinski definition) is 1. The molecule has 0 saturated heterocycles. The minimum absolute atomic E-state index is 0.322. The fourth-order valence-corrected chi connectivity index (χ4v) is 2.90. The molecule has 1 aromatic heterocycles. The van der Waals surface area contributed by atoms with E-state index in [0.29, 0.717) is 6.04 Å². The molecule has 4 rings (SSSR count). The first-order valence-corrected chi connectivity index (χ1v) is 7.33. The second-order valence-corrected chi connectivity index (χ2v) is 5.36. The summed E-state index contributed by atoms with van der Waals surface area (Å²) in [5.74, 6) is 1.96. The Morgan fingerprint density at radius 2 is 1.90 bits per heavy atom. The van der Waals surface area contributed by atoms with E-state index in [-0.39, 0.29) is 0 Å². The van der Waals surface area contributed by atoms with E-state index in [4.69, 9.17) is 9.15 Å². The zero-order chi connectivity index (χ0) is 14.1. The first-order valence-electron chi connectivity index (χ1n) is 7.33. The number of nitrogens with one attached hydrogen (secondary N) is 1. The molecule has 0 aliphatic carbocycles. The highest BCUT2D eigenvalue weighted by Crippen LogP contribution is 2.31. The van der Waals surface area contributed by atoms with E-state index in [0.717, 1.165) is 42.1 Å². The highest BCUT2D eigenvalue weighted by molar-refractivity contribution is 5.77. The Bertz CT molecular complexity index is 730. The van der Waals surface area contributed by atoms with Gasteiger partial charge in [0.25, 0.3) is 0 Å². The Hall–Kier alpha value is -2.26. The fourth-order valence-electron chi connectivity index (χ4n) is 2.90. The number of fused-ring (bicyclic) bond motifs is 2. The first kappa shape index (κ1) is 12.5. The van der Waals surface area contributed by atoms with Gasteiger partial charge in [-0.1, -0.05) is 36.4 Å². The Morgan fingerprint density at radius 3 is 2.86 bits per heavy atom. The van der Waals surface area contributed by atoms with Gasteiger partial charge in [0, 0.05) is 23.4 Å². The molecule has 1 aliphatic rings. The van der Waals surface area contributed by atoms with Crippen LogP contribution in [0.3, 0.4) is 0 Å². The molecule has 0 amide bonds. The van der Waals surface area contributed by atoms with Crippen molar-refractivity contribution in [2.24, 2.45) is 0 Å². The van der Waals surface area contributed by atoms with Crippen molar-refractivity contribution < 1.29 is 9.15 Å². The van der Waals surface area contributed by atoms with Crippen molar-refractivity contribution in [1.82, 2.24) is 5.32 Å². The molecule has 21 heavy (non-hydrogen) atoms. The lowest BCUT2D eigenvalue weighted by Gasteiger charge is -2.26. The van der Waals surface area contributed by atoms with Crippen molar-refractivity contribution >= 4 is 11.0 Å². The van der Waals surface area contributed by atoms with Crippen LogP contribution in [0.1, 0.15) is 23.8 Å². The maximum absolute atomic E-state index is 5.85. The molecule has 1 N–H and O–H groups in total. The zero-order valence-corrected chi connectivity index (χ0v) is 11.7.